The summed E-state index contributed by atoms with van der Waals surface area (Å²) in [6.45, 7) is 0.617. The number of carbonyl (C=O) groups is 1. The Balaban J connectivity index is 2.33. The Hall–Kier alpha value is -1.89. The number of anilines is 2. The van der Waals surface area contributed by atoms with E-state index >= 15 is 0 Å². The van der Waals surface area contributed by atoms with Gasteiger partial charge in [-0.3, -0.25) is 9.78 Å². The first-order chi connectivity index (χ1) is 7.22. The molecule has 6 N–H and O–H groups in total. The monoisotopic (exact) mass is 210 g/mol. The average molecular weight is 210 g/mol. The molecule has 0 fully saturated rings. The van der Waals surface area contributed by atoms with Gasteiger partial charge in [-0.1, -0.05) is 0 Å². The number of primary amides is 1. The zero-order valence-electron chi connectivity index (χ0n) is 8.23. The van der Waals surface area contributed by atoms with Crippen molar-refractivity contribution in [3.63, 3.8) is 0 Å². The molecule has 0 radical (unpaired) electrons. The molecular formula is C8H14N6O. The lowest BCUT2D eigenvalue weighted by molar-refractivity contribution is -0.118. The Bertz CT molecular complexity index is 329. The van der Waals surface area contributed by atoms with Gasteiger partial charge in [-0.25, -0.2) is 10.8 Å². The van der Waals surface area contributed by atoms with Gasteiger partial charge in [-0.2, -0.15) is 0 Å². The van der Waals surface area contributed by atoms with E-state index in [9.17, 15) is 4.79 Å². The Morgan fingerprint density at radius 2 is 2.13 bits per heavy atom. The van der Waals surface area contributed by atoms with E-state index in [0.717, 1.165) is 0 Å². The number of nitrogen functional groups attached to an aromatic ring is 1. The SMILES string of the molecule is NNc1cncc(NCCCC(N)=O)n1. The van der Waals surface area contributed by atoms with Crippen LogP contribution in [-0.4, -0.2) is 22.4 Å². The number of rotatable bonds is 6. The lowest BCUT2D eigenvalue weighted by atomic mass is 10.3. The highest BCUT2D eigenvalue weighted by atomic mass is 16.1. The maximum absolute atomic E-state index is 10.5. The molecule has 1 rings (SSSR count). The molecule has 0 aliphatic heterocycles. The topological polar surface area (TPSA) is 119 Å². The van der Waals surface area contributed by atoms with Gasteiger partial charge in [0.15, 0.2) is 5.82 Å². The van der Waals surface area contributed by atoms with Gasteiger partial charge in [0.1, 0.15) is 5.82 Å². The Morgan fingerprint density at radius 3 is 2.80 bits per heavy atom. The van der Waals surface area contributed by atoms with E-state index in [4.69, 9.17) is 11.6 Å². The summed E-state index contributed by atoms with van der Waals surface area (Å²) in [7, 11) is 0. The maximum atomic E-state index is 10.5. The second kappa shape index (κ2) is 5.76. The second-order valence-electron chi connectivity index (χ2n) is 2.93. The summed E-state index contributed by atoms with van der Waals surface area (Å²) in [5, 5.41) is 3.00. The first-order valence-electron chi connectivity index (χ1n) is 4.53. The second-order valence-corrected chi connectivity index (χ2v) is 2.93. The lowest BCUT2D eigenvalue weighted by Gasteiger charge is -2.05. The molecule has 0 atom stereocenters. The number of hydrogen-bond acceptors (Lipinski definition) is 6. The summed E-state index contributed by atoms with van der Waals surface area (Å²) in [6, 6.07) is 0. The first-order valence-corrected chi connectivity index (χ1v) is 4.53. The van der Waals surface area contributed by atoms with E-state index < -0.39 is 0 Å². The third-order valence-corrected chi connectivity index (χ3v) is 1.69. The van der Waals surface area contributed by atoms with Gasteiger partial charge >= 0.3 is 0 Å². The summed E-state index contributed by atoms with van der Waals surface area (Å²) < 4.78 is 0. The predicted molar refractivity (Wildman–Crippen MR) is 56.8 cm³/mol. The van der Waals surface area contributed by atoms with Crippen LogP contribution in [0.3, 0.4) is 0 Å². The van der Waals surface area contributed by atoms with E-state index in [-0.39, 0.29) is 5.91 Å². The molecule has 0 aliphatic rings. The summed E-state index contributed by atoms with van der Waals surface area (Å²) in [4.78, 5) is 18.4. The summed E-state index contributed by atoms with van der Waals surface area (Å²) in [5.74, 6) is 5.95. The fourth-order valence-corrected chi connectivity index (χ4v) is 1.000. The highest BCUT2D eigenvalue weighted by Crippen LogP contribution is 2.04. The first kappa shape index (κ1) is 11.2. The van der Waals surface area contributed by atoms with Crippen molar-refractivity contribution in [2.75, 3.05) is 17.3 Å². The molecule has 0 saturated carbocycles. The molecular weight excluding hydrogens is 196 g/mol. The number of aromatic nitrogens is 2. The van der Waals surface area contributed by atoms with Crippen molar-refractivity contribution < 1.29 is 4.79 Å². The van der Waals surface area contributed by atoms with E-state index in [1.807, 2.05) is 0 Å². The molecule has 0 aromatic carbocycles. The third-order valence-electron chi connectivity index (χ3n) is 1.69. The van der Waals surface area contributed by atoms with Crippen molar-refractivity contribution in [2.45, 2.75) is 12.8 Å². The molecule has 1 aromatic rings. The van der Waals surface area contributed by atoms with Crippen molar-refractivity contribution in [3.05, 3.63) is 12.4 Å². The zero-order chi connectivity index (χ0) is 11.1. The minimum atomic E-state index is -0.305. The fourth-order valence-electron chi connectivity index (χ4n) is 1.000. The van der Waals surface area contributed by atoms with Crippen LogP contribution < -0.4 is 22.3 Å². The van der Waals surface area contributed by atoms with Gasteiger partial charge in [-0.15, -0.1) is 0 Å². The van der Waals surface area contributed by atoms with E-state index in [1.54, 1.807) is 6.20 Å². The highest BCUT2D eigenvalue weighted by molar-refractivity contribution is 5.73. The molecule has 82 valence electrons. The molecule has 7 heteroatoms. The van der Waals surface area contributed by atoms with Crippen LogP contribution in [0.5, 0.6) is 0 Å². The average Bonchev–Trinajstić information content (AvgIpc) is 2.24. The van der Waals surface area contributed by atoms with Crippen molar-refractivity contribution in [1.29, 1.82) is 0 Å². The minimum Gasteiger partial charge on any atom is -0.370 e. The van der Waals surface area contributed by atoms with Crippen LogP contribution in [0.1, 0.15) is 12.8 Å². The molecule has 0 spiro atoms. The summed E-state index contributed by atoms with van der Waals surface area (Å²) >= 11 is 0. The summed E-state index contributed by atoms with van der Waals surface area (Å²) in [6.07, 6.45) is 4.10. The van der Waals surface area contributed by atoms with Crippen LogP contribution in [0, 0.1) is 0 Å². The molecule has 15 heavy (non-hydrogen) atoms. The van der Waals surface area contributed by atoms with Crippen LogP contribution in [0.2, 0.25) is 0 Å². The number of hydrazine groups is 1. The van der Waals surface area contributed by atoms with Gasteiger partial charge in [0.2, 0.25) is 5.91 Å². The lowest BCUT2D eigenvalue weighted by Crippen LogP contribution is -2.14. The van der Waals surface area contributed by atoms with Gasteiger partial charge in [0.25, 0.3) is 0 Å². The van der Waals surface area contributed by atoms with Gasteiger partial charge in [0.05, 0.1) is 12.4 Å². The van der Waals surface area contributed by atoms with Crippen molar-refractivity contribution in [2.24, 2.45) is 11.6 Å². The Morgan fingerprint density at radius 1 is 1.40 bits per heavy atom. The smallest absolute Gasteiger partial charge is 0.217 e. The molecule has 0 bridgehead atoms. The molecule has 0 aliphatic carbocycles. The molecule has 7 nitrogen and oxygen atoms in total. The maximum Gasteiger partial charge on any atom is 0.217 e. The Labute approximate surface area is 87.2 Å². The van der Waals surface area contributed by atoms with Crippen LogP contribution in [-0.2, 0) is 4.79 Å². The zero-order valence-corrected chi connectivity index (χ0v) is 8.23. The number of hydrogen-bond donors (Lipinski definition) is 4. The van der Waals surface area contributed by atoms with Crippen LogP contribution in [0.25, 0.3) is 0 Å². The number of nitrogens with zero attached hydrogens (tertiary/aromatic N) is 2. The normalized spacial score (nSPS) is 9.67. The van der Waals surface area contributed by atoms with Gasteiger partial charge in [0, 0.05) is 13.0 Å². The Kier molecular flexibility index (Phi) is 4.30. The molecule has 1 aromatic heterocycles. The van der Waals surface area contributed by atoms with Crippen molar-refractivity contribution >= 4 is 17.5 Å². The molecule has 1 heterocycles. The van der Waals surface area contributed by atoms with Crippen molar-refractivity contribution in [1.82, 2.24) is 9.97 Å². The number of amides is 1. The number of carbonyl (C=O) groups excluding carboxylic acids is 1. The van der Waals surface area contributed by atoms with Crippen molar-refractivity contribution in [3.8, 4) is 0 Å². The van der Waals surface area contributed by atoms with Gasteiger partial charge < -0.3 is 16.5 Å². The van der Waals surface area contributed by atoms with E-state index in [1.165, 1.54) is 6.20 Å². The van der Waals surface area contributed by atoms with Crippen LogP contribution >= 0.6 is 0 Å². The van der Waals surface area contributed by atoms with E-state index in [2.05, 4.69) is 20.7 Å². The van der Waals surface area contributed by atoms with Crippen LogP contribution in [0.15, 0.2) is 12.4 Å². The third kappa shape index (κ3) is 4.23. The summed E-state index contributed by atoms with van der Waals surface area (Å²) in [5.41, 5.74) is 7.38. The molecule has 1 amide bonds. The molecule has 0 unspecified atom stereocenters. The standard InChI is InChI=1S/C8H14N6O/c9-6(15)2-1-3-12-7-4-11-5-8(13-7)14-10/h4-5H,1-3,10H2,(H2,9,15)(H2,12,13,14). The van der Waals surface area contributed by atoms with Crippen LogP contribution in [0.4, 0.5) is 11.6 Å². The predicted octanol–water partition coefficient (Wildman–Crippen LogP) is -0.560. The molecule has 0 saturated heterocycles. The largest absolute Gasteiger partial charge is 0.370 e. The number of nitrogens with one attached hydrogen (secondary N) is 2. The van der Waals surface area contributed by atoms with E-state index in [0.29, 0.717) is 31.0 Å². The number of nitrogens with two attached hydrogens (primary N) is 2. The highest BCUT2D eigenvalue weighted by Gasteiger charge is 1.97. The fraction of sp³-hybridized carbons (Fsp3) is 0.375. The van der Waals surface area contributed by atoms with Gasteiger partial charge in [-0.05, 0) is 6.42 Å². The minimum absolute atomic E-state index is 0.305. The quantitative estimate of drug-likeness (QED) is 0.284.